The lowest BCUT2D eigenvalue weighted by Crippen LogP contribution is -2.61. The molecule has 4 nitrogen and oxygen atoms in total. The van der Waals surface area contributed by atoms with Gasteiger partial charge in [0, 0.05) is 18.3 Å². The Morgan fingerprint density at radius 1 is 1.35 bits per heavy atom. The Balaban J connectivity index is 1.78. The van der Waals surface area contributed by atoms with Crippen LogP contribution in [-0.2, 0) is 4.74 Å². The lowest BCUT2D eigenvalue weighted by atomic mass is 9.76. The molecule has 1 saturated heterocycles. The molecule has 0 aromatic heterocycles. The highest BCUT2D eigenvalue weighted by atomic mass is 32.2. The highest BCUT2D eigenvalue weighted by Gasteiger charge is 2.39. The van der Waals surface area contributed by atoms with Crippen LogP contribution in [0.4, 0.5) is 4.79 Å². The first-order valence-electron chi connectivity index (χ1n) is 7.71. The number of ether oxygens (including phenoxy) is 1. The summed E-state index contributed by atoms with van der Waals surface area (Å²) in [7, 11) is 0. The molecule has 2 rings (SSSR count). The summed E-state index contributed by atoms with van der Waals surface area (Å²) in [6, 6.07) is 0.603. The van der Waals surface area contributed by atoms with Crippen molar-refractivity contribution >= 4 is 17.9 Å². The van der Waals surface area contributed by atoms with Crippen molar-refractivity contribution < 1.29 is 9.53 Å². The highest BCUT2D eigenvalue weighted by Crippen LogP contribution is 2.32. The summed E-state index contributed by atoms with van der Waals surface area (Å²) >= 11 is 2.03. The number of carbonyl (C=O) groups is 1. The standard InChI is InChI=1S/C15H28N2O2S/c1-14(2,3)19-13(18)17-15(7-5-8-15)11-16-12-6-4-9-20-10-12/h12,16H,4-11H2,1-3H3,(H,17,18). The predicted molar refractivity (Wildman–Crippen MR) is 84.3 cm³/mol. The van der Waals surface area contributed by atoms with Gasteiger partial charge in [-0.25, -0.2) is 4.79 Å². The van der Waals surface area contributed by atoms with Gasteiger partial charge in [0.05, 0.1) is 5.54 Å². The third-order valence-corrected chi connectivity index (χ3v) is 5.18. The monoisotopic (exact) mass is 300 g/mol. The maximum absolute atomic E-state index is 12.0. The maximum Gasteiger partial charge on any atom is 0.408 e. The van der Waals surface area contributed by atoms with Crippen LogP contribution in [0.2, 0.25) is 0 Å². The fourth-order valence-corrected chi connectivity index (χ4v) is 3.82. The molecule has 0 radical (unpaired) electrons. The summed E-state index contributed by atoms with van der Waals surface area (Å²) in [6.07, 6.45) is 5.58. The minimum atomic E-state index is -0.428. The maximum atomic E-state index is 12.0. The topological polar surface area (TPSA) is 50.4 Å². The molecule has 116 valence electrons. The van der Waals surface area contributed by atoms with Crippen molar-refractivity contribution in [1.82, 2.24) is 10.6 Å². The molecule has 2 aliphatic rings. The second-order valence-corrected chi connectivity index (χ2v) is 8.21. The summed E-state index contributed by atoms with van der Waals surface area (Å²) < 4.78 is 5.38. The fraction of sp³-hybridized carbons (Fsp3) is 0.933. The minimum Gasteiger partial charge on any atom is -0.444 e. The number of hydrogen-bond donors (Lipinski definition) is 2. The highest BCUT2D eigenvalue weighted by molar-refractivity contribution is 7.99. The van der Waals surface area contributed by atoms with Crippen molar-refractivity contribution in [3.63, 3.8) is 0 Å². The van der Waals surface area contributed by atoms with E-state index in [2.05, 4.69) is 10.6 Å². The average Bonchev–Trinajstić information content (AvgIpc) is 2.31. The quantitative estimate of drug-likeness (QED) is 0.838. The van der Waals surface area contributed by atoms with Gasteiger partial charge in [-0.15, -0.1) is 0 Å². The summed E-state index contributed by atoms with van der Waals surface area (Å²) in [5.74, 6) is 2.49. The Morgan fingerprint density at radius 3 is 2.60 bits per heavy atom. The molecule has 20 heavy (non-hydrogen) atoms. The van der Waals surface area contributed by atoms with Crippen molar-refractivity contribution in [1.29, 1.82) is 0 Å². The third kappa shape index (κ3) is 4.85. The zero-order chi connectivity index (χ0) is 14.6. The van der Waals surface area contributed by atoms with Crippen LogP contribution in [0.15, 0.2) is 0 Å². The minimum absolute atomic E-state index is 0.0789. The summed E-state index contributed by atoms with van der Waals surface area (Å²) in [5.41, 5.74) is -0.507. The molecular weight excluding hydrogens is 272 g/mol. The van der Waals surface area contributed by atoms with Gasteiger partial charge in [-0.3, -0.25) is 0 Å². The molecule has 1 aliphatic heterocycles. The van der Waals surface area contributed by atoms with Crippen LogP contribution in [0.5, 0.6) is 0 Å². The molecule has 0 spiro atoms. The molecule has 1 atom stereocenters. The first-order chi connectivity index (χ1) is 9.39. The summed E-state index contributed by atoms with van der Waals surface area (Å²) in [6.45, 7) is 6.57. The van der Waals surface area contributed by atoms with Crippen LogP contribution in [0.3, 0.4) is 0 Å². The first-order valence-corrected chi connectivity index (χ1v) is 8.86. The van der Waals surface area contributed by atoms with Gasteiger partial charge >= 0.3 is 6.09 Å². The molecule has 1 unspecified atom stereocenters. The van der Waals surface area contributed by atoms with E-state index in [-0.39, 0.29) is 11.6 Å². The van der Waals surface area contributed by atoms with Crippen molar-refractivity contribution in [2.45, 2.75) is 70.1 Å². The van der Waals surface area contributed by atoms with E-state index >= 15 is 0 Å². The van der Waals surface area contributed by atoms with Crippen LogP contribution in [0.1, 0.15) is 52.9 Å². The Bertz CT molecular complexity index is 331. The molecule has 0 aromatic rings. The van der Waals surface area contributed by atoms with E-state index in [1.165, 1.54) is 30.8 Å². The van der Waals surface area contributed by atoms with Crippen LogP contribution in [0.25, 0.3) is 0 Å². The number of carbonyl (C=O) groups excluding carboxylic acids is 1. The van der Waals surface area contributed by atoms with Gasteiger partial charge in [0.2, 0.25) is 0 Å². The molecule has 1 aliphatic carbocycles. The van der Waals surface area contributed by atoms with Crippen molar-refractivity contribution in [3.05, 3.63) is 0 Å². The van der Waals surface area contributed by atoms with Gasteiger partial charge in [-0.05, 0) is 58.6 Å². The average molecular weight is 300 g/mol. The predicted octanol–water partition coefficient (Wildman–Crippen LogP) is 2.92. The zero-order valence-corrected chi connectivity index (χ0v) is 13.8. The number of nitrogens with one attached hydrogen (secondary N) is 2. The van der Waals surface area contributed by atoms with Gasteiger partial charge in [0.15, 0.2) is 0 Å². The van der Waals surface area contributed by atoms with E-state index in [0.717, 1.165) is 19.4 Å². The number of alkyl carbamates (subject to hydrolysis) is 1. The number of rotatable bonds is 4. The molecule has 1 saturated carbocycles. The van der Waals surface area contributed by atoms with E-state index in [4.69, 9.17) is 4.74 Å². The van der Waals surface area contributed by atoms with E-state index in [1.54, 1.807) is 0 Å². The van der Waals surface area contributed by atoms with E-state index in [1.807, 2.05) is 32.5 Å². The van der Waals surface area contributed by atoms with Gasteiger partial charge in [-0.2, -0.15) is 11.8 Å². The lowest BCUT2D eigenvalue weighted by molar-refractivity contribution is 0.0379. The largest absolute Gasteiger partial charge is 0.444 e. The van der Waals surface area contributed by atoms with Crippen molar-refractivity contribution in [2.24, 2.45) is 0 Å². The molecule has 0 bridgehead atoms. The summed E-state index contributed by atoms with van der Waals surface area (Å²) in [5, 5.41) is 6.74. The van der Waals surface area contributed by atoms with E-state index in [0.29, 0.717) is 6.04 Å². The van der Waals surface area contributed by atoms with Crippen LogP contribution in [-0.4, -0.2) is 41.3 Å². The second kappa shape index (κ2) is 6.56. The number of amides is 1. The Morgan fingerprint density at radius 2 is 2.10 bits per heavy atom. The van der Waals surface area contributed by atoms with Gasteiger partial charge < -0.3 is 15.4 Å². The molecule has 1 amide bonds. The molecular formula is C15H28N2O2S. The van der Waals surface area contributed by atoms with Crippen molar-refractivity contribution in [2.75, 3.05) is 18.1 Å². The van der Waals surface area contributed by atoms with Gasteiger partial charge in [0.1, 0.15) is 5.60 Å². The fourth-order valence-electron chi connectivity index (χ4n) is 2.71. The van der Waals surface area contributed by atoms with Gasteiger partial charge in [0.25, 0.3) is 0 Å². The molecule has 0 aromatic carbocycles. The lowest BCUT2D eigenvalue weighted by Gasteiger charge is -2.43. The van der Waals surface area contributed by atoms with Crippen LogP contribution in [0, 0.1) is 0 Å². The van der Waals surface area contributed by atoms with Crippen LogP contribution >= 0.6 is 11.8 Å². The summed E-state index contributed by atoms with van der Waals surface area (Å²) in [4.78, 5) is 12.0. The molecule has 5 heteroatoms. The molecule has 2 N–H and O–H groups in total. The third-order valence-electron chi connectivity index (χ3n) is 3.97. The van der Waals surface area contributed by atoms with Crippen LogP contribution < -0.4 is 10.6 Å². The second-order valence-electron chi connectivity index (χ2n) is 7.06. The number of hydrogen-bond acceptors (Lipinski definition) is 4. The smallest absolute Gasteiger partial charge is 0.408 e. The zero-order valence-electron chi connectivity index (χ0n) is 13.0. The molecule has 2 fully saturated rings. The number of thioether (sulfide) groups is 1. The molecule has 1 heterocycles. The Labute approximate surface area is 126 Å². The van der Waals surface area contributed by atoms with Gasteiger partial charge in [-0.1, -0.05) is 0 Å². The normalized spacial score (nSPS) is 25.6. The first kappa shape index (κ1) is 16.0. The Hall–Kier alpha value is -0.420. The van der Waals surface area contributed by atoms with E-state index < -0.39 is 5.60 Å². The Kier molecular flexibility index (Phi) is 5.24. The van der Waals surface area contributed by atoms with Crippen molar-refractivity contribution in [3.8, 4) is 0 Å². The SMILES string of the molecule is CC(C)(C)OC(=O)NC1(CNC2CCCSC2)CCC1. The van der Waals surface area contributed by atoms with E-state index in [9.17, 15) is 4.79 Å².